The highest BCUT2D eigenvalue weighted by Crippen LogP contribution is 2.26. The third-order valence-electron chi connectivity index (χ3n) is 3.56. The first kappa shape index (κ1) is 16.9. The van der Waals surface area contributed by atoms with Crippen LogP contribution < -0.4 is 14.2 Å². The van der Waals surface area contributed by atoms with Gasteiger partial charge in [-0.1, -0.05) is 18.2 Å². The van der Waals surface area contributed by atoms with Crippen molar-refractivity contribution in [2.45, 2.75) is 20.8 Å². The maximum atomic E-state index is 11.7. The summed E-state index contributed by atoms with van der Waals surface area (Å²) in [5, 5.41) is 0. The molecule has 0 fully saturated rings. The topological polar surface area (TPSA) is 44.8 Å². The van der Waals surface area contributed by atoms with Gasteiger partial charge in [0.25, 0.3) is 0 Å². The van der Waals surface area contributed by atoms with Crippen molar-refractivity contribution < 1.29 is 19.0 Å². The summed E-state index contributed by atoms with van der Waals surface area (Å²) in [6.07, 6.45) is 0. The van der Waals surface area contributed by atoms with Crippen molar-refractivity contribution in [1.82, 2.24) is 0 Å². The first-order valence-corrected chi connectivity index (χ1v) is 7.53. The Morgan fingerprint density at radius 3 is 2.26 bits per heavy atom. The molecule has 0 amide bonds. The Morgan fingerprint density at radius 1 is 1.00 bits per heavy atom. The maximum absolute atomic E-state index is 11.7. The van der Waals surface area contributed by atoms with Crippen LogP contribution in [0.4, 0.5) is 0 Å². The van der Waals surface area contributed by atoms with E-state index in [1.807, 2.05) is 32.0 Å². The molecule has 0 saturated carbocycles. The number of carbonyl (C=O) groups is 1. The van der Waals surface area contributed by atoms with Gasteiger partial charge in [-0.15, -0.1) is 0 Å². The average molecular weight is 314 g/mol. The molecule has 2 rings (SSSR count). The number of Topliss-reactive ketones (excluding diaryl/α,β-unsaturated/α-hetero) is 1. The van der Waals surface area contributed by atoms with Gasteiger partial charge < -0.3 is 14.2 Å². The number of carbonyl (C=O) groups excluding carboxylic acids is 1. The Labute approximate surface area is 137 Å². The van der Waals surface area contributed by atoms with E-state index >= 15 is 0 Å². The lowest BCUT2D eigenvalue weighted by atomic mass is 10.1. The van der Waals surface area contributed by atoms with Gasteiger partial charge >= 0.3 is 0 Å². The minimum atomic E-state index is -0.0432. The van der Waals surface area contributed by atoms with E-state index in [4.69, 9.17) is 14.2 Å². The minimum Gasteiger partial charge on any atom is -0.497 e. The number of hydrogen-bond donors (Lipinski definition) is 0. The number of rotatable bonds is 7. The van der Waals surface area contributed by atoms with Gasteiger partial charge in [-0.05, 0) is 44.0 Å². The molecule has 0 unspecified atom stereocenters. The standard InChI is InChI=1S/C19H22O4/c1-13-6-5-7-14(2)19(13)23-11-10-22-18-12-16(21-4)8-9-17(18)15(3)20/h5-9,12H,10-11H2,1-4H3. The summed E-state index contributed by atoms with van der Waals surface area (Å²) in [6.45, 7) is 6.29. The lowest BCUT2D eigenvalue weighted by Crippen LogP contribution is -2.12. The maximum Gasteiger partial charge on any atom is 0.163 e. The molecule has 0 aromatic heterocycles. The summed E-state index contributed by atoms with van der Waals surface area (Å²) in [5.74, 6) is 2.01. The van der Waals surface area contributed by atoms with Gasteiger partial charge in [0.1, 0.15) is 30.5 Å². The van der Waals surface area contributed by atoms with Crippen LogP contribution in [-0.4, -0.2) is 26.1 Å². The Balaban J connectivity index is 2.00. The molecule has 0 aliphatic heterocycles. The van der Waals surface area contributed by atoms with Gasteiger partial charge in [0.15, 0.2) is 5.78 Å². The Hall–Kier alpha value is -2.49. The second-order valence-electron chi connectivity index (χ2n) is 5.34. The second kappa shape index (κ2) is 7.68. The quantitative estimate of drug-likeness (QED) is 0.573. The lowest BCUT2D eigenvalue weighted by Gasteiger charge is -2.14. The van der Waals surface area contributed by atoms with Crippen molar-refractivity contribution >= 4 is 5.78 Å². The normalized spacial score (nSPS) is 10.3. The average Bonchev–Trinajstić information content (AvgIpc) is 2.53. The van der Waals surface area contributed by atoms with Crippen LogP contribution in [0.25, 0.3) is 0 Å². The molecule has 0 heterocycles. The van der Waals surface area contributed by atoms with Crippen LogP contribution in [0.1, 0.15) is 28.4 Å². The zero-order valence-electron chi connectivity index (χ0n) is 14.0. The number of hydrogen-bond acceptors (Lipinski definition) is 4. The number of aryl methyl sites for hydroxylation is 2. The zero-order chi connectivity index (χ0) is 16.8. The Bertz CT molecular complexity index is 672. The molecule has 4 nitrogen and oxygen atoms in total. The molecule has 2 aromatic rings. The summed E-state index contributed by atoms with van der Waals surface area (Å²) in [7, 11) is 1.58. The number of benzene rings is 2. The summed E-state index contributed by atoms with van der Waals surface area (Å²) in [5.41, 5.74) is 2.73. The van der Waals surface area contributed by atoms with Crippen LogP contribution in [0, 0.1) is 13.8 Å². The minimum absolute atomic E-state index is 0.0432. The van der Waals surface area contributed by atoms with E-state index in [0.29, 0.717) is 30.3 Å². The first-order chi connectivity index (χ1) is 11.0. The van der Waals surface area contributed by atoms with E-state index in [-0.39, 0.29) is 5.78 Å². The van der Waals surface area contributed by atoms with Crippen molar-refractivity contribution in [2.24, 2.45) is 0 Å². The van der Waals surface area contributed by atoms with Crippen molar-refractivity contribution in [3.8, 4) is 17.2 Å². The Kier molecular flexibility index (Phi) is 5.63. The number of methoxy groups -OCH3 is 1. The van der Waals surface area contributed by atoms with Crippen LogP contribution in [0.3, 0.4) is 0 Å². The molecule has 0 saturated heterocycles. The highest BCUT2D eigenvalue weighted by atomic mass is 16.5. The van der Waals surface area contributed by atoms with E-state index in [2.05, 4.69) is 0 Å². The first-order valence-electron chi connectivity index (χ1n) is 7.53. The van der Waals surface area contributed by atoms with E-state index in [1.54, 1.807) is 25.3 Å². The summed E-state index contributed by atoms with van der Waals surface area (Å²) >= 11 is 0. The third kappa shape index (κ3) is 4.25. The molecule has 0 radical (unpaired) electrons. The third-order valence-corrected chi connectivity index (χ3v) is 3.56. The molecule has 0 aliphatic carbocycles. The van der Waals surface area contributed by atoms with Crippen molar-refractivity contribution in [1.29, 1.82) is 0 Å². The summed E-state index contributed by atoms with van der Waals surface area (Å²) < 4.78 is 16.7. The SMILES string of the molecule is COc1ccc(C(C)=O)c(OCCOc2c(C)cccc2C)c1. The van der Waals surface area contributed by atoms with Crippen LogP contribution in [-0.2, 0) is 0 Å². The summed E-state index contributed by atoms with van der Waals surface area (Å²) in [4.78, 5) is 11.7. The van der Waals surface area contributed by atoms with Crippen molar-refractivity contribution in [2.75, 3.05) is 20.3 Å². The highest BCUT2D eigenvalue weighted by molar-refractivity contribution is 5.97. The fourth-order valence-corrected chi connectivity index (χ4v) is 2.36. The fourth-order valence-electron chi connectivity index (χ4n) is 2.36. The van der Waals surface area contributed by atoms with Gasteiger partial charge in [0.05, 0.1) is 12.7 Å². The van der Waals surface area contributed by atoms with Gasteiger partial charge in [0.2, 0.25) is 0 Å². The van der Waals surface area contributed by atoms with Crippen molar-refractivity contribution in [3.63, 3.8) is 0 Å². The second-order valence-corrected chi connectivity index (χ2v) is 5.34. The predicted octanol–water partition coefficient (Wildman–Crippen LogP) is 3.97. The lowest BCUT2D eigenvalue weighted by molar-refractivity contribution is 0.101. The highest BCUT2D eigenvalue weighted by Gasteiger charge is 2.10. The van der Waals surface area contributed by atoms with E-state index in [0.717, 1.165) is 16.9 Å². The molecule has 23 heavy (non-hydrogen) atoms. The molecular weight excluding hydrogens is 292 g/mol. The number of ketones is 1. The molecule has 0 N–H and O–H groups in total. The van der Waals surface area contributed by atoms with E-state index in [1.165, 1.54) is 6.92 Å². The van der Waals surface area contributed by atoms with Crippen LogP contribution in [0.2, 0.25) is 0 Å². The molecule has 0 atom stereocenters. The molecule has 0 bridgehead atoms. The van der Waals surface area contributed by atoms with Gasteiger partial charge in [-0.3, -0.25) is 4.79 Å². The smallest absolute Gasteiger partial charge is 0.163 e. The van der Waals surface area contributed by atoms with Gasteiger partial charge in [0, 0.05) is 6.07 Å². The van der Waals surface area contributed by atoms with Gasteiger partial charge in [-0.25, -0.2) is 0 Å². The molecule has 122 valence electrons. The largest absolute Gasteiger partial charge is 0.497 e. The van der Waals surface area contributed by atoms with E-state index < -0.39 is 0 Å². The molecular formula is C19H22O4. The molecule has 2 aromatic carbocycles. The molecule has 0 spiro atoms. The van der Waals surface area contributed by atoms with Gasteiger partial charge in [-0.2, -0.15) is 0 Å². The zero-order valence-corrected chi connectivity index (χ0v) is 14.0. The van der Waals surface area contributed by atoms with E-state index in [9.17, 15) is 4.79 Å². The Morgan fingerprint density at radius 2 is 1.65 bits per heavy atom. The number of para-hydroxylation sites is 1. The van der Waals surface area contributed by atoms with Crippen molar-refractivity contribution in [3.05, 3.63) is 53.1 Å². The van der Waals surface area contributed by atoms with Crippen LogP contribution in [0.15, 0.2) is 36.4 Å². The predicted molar refractivity (Wildman–Crippen MR) is 89.9 cm³/mol. The van der Waals surface area contributed by atoms with Crippen LogP contribution >= 0.6 is 0 Å². The van der Waals surface area contributed by atoms with Crippen LogP contribution in [0.5, 0.6) is 17.2 Å². The molecule has 0 aliphatic rings. The monoisotopic (exact) mass is 314 g/mol. The fraction of sp³-hybridized carbons (Fsp3) is 0.316. The molecule has 4 heteroatoms. The summed E-state index contributed by atoms with van der Waals surface area (Å²) in [6, 6.07) is 11.2. The number of ether oxygens (including phenoxy) is 3.